The van der Waals surface area contributed by atoms with Crippen LogP contribution >= 0.6 is 22.9 Å². The lowest BCUT2D eigenvalue weighted by molar-refractivity contribution is 0.210. The van der Waals surface area contributed by atoms with Crippen LogP contribution in [-0.4, -0.2) is 31.6 Å². The van der Waals surface area contributed by atoms with E-state index in [2.05, 4.69) is 23.3 Å². The monoisotopic (exact) mass is 298 g/mol. The summed E-state index contributed by atoms with van der Waals surface area (Å²) in [7, 11) is 2.23. The molecule has 4 heteroatoms. The highest BCUT2D eigenvalue weighted by molar-refractivity contribution is 7.16. The first-order valence-electron chi connectivity index (χ1n) is 7.42. The molecule has 0 aromatic carbocycles. The first kappa shape index (κ1) is 13.9. The van der Waals surface area contributed by atoms with E-state index in [1.807, 2.05) is 0 Å². The quantitative estimate of drug-likeness (QED) is 0.911. The van der Waals surface area contributed by atoms with Crippen molar-refractivity contribution in [2.45, 2.75) is 38.1 Å². The largest absolute Gasteiger partial charge is 0.310 e. The highest BCUT2D eigenvalue weighted by Crippen LogP contribution is 2.39. The maximum absolute atomic E-state index is 6.10. The molecule has 1 aliphatic heterocycles. The zero-order valence-electron chi connectivity index (χ0n) is 11.6. The van der Waals surface area contributed by atoms with E-state index in [4.69, 9.17) is 11.6 Å². The van der Waals surface area contributed by atoms with Crippen molar-refractivity contribution in [1.29, 1.82) is 0 Å². The number of hydrogen-bond donors (Lipinski definition) is 1. The van der Waals surface area contributed by atoms with Gasteiger partial charge in [0, 0.05) is 10.9 Å². The van der Waals surface area contributed by atoms with Gasteiger partial charge < -0.3 is 10.2 Å². The Kier molecular flexibility index (Phi) is 4.47. The Morgan fingerprint density at radius 1 is 1.37 bits per heavy atom. The van der Waals surface area contributed by atoms with Crippen LogP contribution in [0.4, 0.5) is 0 Å². The zero-order valence-corrected chi connectivity index (χ0v) is 13.2. The fourth-order valence-corrected chi connectivity index (χ4v) is 4.71. The summed E-state index contributed by atoms with van der Waals surface area (Å²) in [6, 6.07) is 2.73. The van der Waals surface area contributed by atoms with Crippen LogP contribution in [0.25, 0.3) is 0 Å². The van der Waals surface area contributed by atoms with Gasteiger partial charge in [-0.25, -0.2) is 0 Å². The van der Waals surface area contributed by atoms with Crippen molar-refractivity contribution in [2.75, 3.05) is 26.7 Å². The van der Waals surface area contributed by atoms with Crippen LogP contribution in [0, 0.1) is 5.92 Å². The molecule has 2 aliphatic rings. The van der Waals surface area contributed by atoms with Gasteiger partial charge in [-0.05, 0) is 76.3 Å². The Balaban J connectivity index is 1.43. The van der Waals surface area contributed by atoms with Gasteiger partial charge in [-0.3, -0.25) is 0 Å². The Morgan fingerprint density at radius 2 is 2.16 bits per heavy atom. The molecule has 1 N–H and O–H groups in total. The maximum atomic E-state index is 6.10. The van der Waals surface area contributed by atoms with E-state index >= 15 is 0 Å². The van der Waals surface area contributed by atoms with Crippen LogP contribution in [0.3, 0.4) is 0 Å². The predicted octanol–water partition coefficient (Wildman–Crippen LogP) is 3.71. The Morgan fingerprint density at radius 3 is 2.95 bits per heavy atom. The highest BCUT2D eigenvalue weighted by atomic mass is 35.5. The molecule has 2 heterocycles. The van der Waals surface area contributed by atoms with Crippen LogP contribution in [0.5, 0.6) is 0 Å². The number of nitrogens with zero attached hydrogens (tertiary/aromatic N) is 1. The molecule has 2 nitrogen and oxygen atoms in total. The van der Waals surface area contributed by atoms with Crippen LogP contribution < -0.4 is 5.32 Å². The van der Waals surface area contributed by atoms with E-state index in [-0.39, 0.29) is 0 Å². The molecule has 1 unspecified atom stereocenters. The molecular formula is C15H23ClN2S. The molecule has 1 atom stereocenters. The third kappa shape index (κ3) is 3.33. The van der Waals surface area contributed by atoms with Crippen molar-refractivity contribution in [1.82, 2.24) is 10.2 Å². The minimum atomic E-state index is 0.560. The fraction of sp³-hybridized carbons (Fsp3) is 0.733. The van der Waals surface area contributed by atoms with Gasteiger partial charge in [0.15, 0.2) is 0 Å². The number of fused-ring (bicyclic) bond motifs is 1. The van der Waals surface area contributed by atoms with Gasteiger partial charge in [0.1, 0.15) is 0 Å². The van der Waals surface area contributed by atoms with Gasteiger partial charge in [-0.2, -0.15) is 0 Å². The fourth-order valence-electron chi connectivity index (χ4n) is 3.35. The van der Waals surface area contributed by atoms with Crippen LogP contribution in [0.15, 0.2) is 6.07 Å². The standard InChI is InChI=1S/C15H23ClN2S/c1-18-8-5-11(6-9-18)4-7-17-13-2-3-14-12(13)10-15(16)19-14/h10-11,13,17H,2-9H2,1H3. The lowest BCUT2D eigenvalue weighted by atomic mass is 9.94. The average molecular weight is 299 g/mol. The molecule has 0 radical (unpaired) electrons. The minimum Gasteiger partial charge on any atom is -0.310 e. The first-order valence-corrected chi connectivity index (χ1v) is 8.62. The van der Waals surface area contributed by atoms with E-state index in [9.17, 15) is 0 Å². The van der Waals surface area contributed by atoms with Gasteiger partial charge in [0.2, 0.25) is 0 Å². The van der Waals surface area contributed by atoms with Crippen LogP contribution in [0.2, 0.25) is 4.34 Å². The third-order valence-corrected chi connectivity index (χ3v) is 5.97. The van der Waals surface area contributed by atoms with E-state index in [1.165, 1.54) is 55.6 Å². The molecule has 1 aliphatic carbocycles. The molecule has 19 heavy (non-hydrogen) atoms. The number of hydrogen-bond acceptors (Lipinski definition) is 3. The zero-order chi connectivity index (χ0) is 13.2. The van der Waals surface area contributed by atoms with Gasteiger partial charge >= 0.3 is 0 Å². The van der Waals surface area contributed by atoms with Crippen LogP contribution in [-0.2, 0) is 6.42 Å². The molecule has 1 aromatic heterocycles. The molecular weight excluding hydrogens is 276 g/mol. The summed E-state index contributed by atoms with van der Waals surface area (Å²) in [6.07, 6.45) is 6.54. The van der Waals surface area contributed by atoms with Crippen molar-refractivity contribution in [3.8, 4) is 0 Å². The summed E-state index contributed by atoms with van der Waals surface area (Å²) < 4.78 is 0.951. The molecule has 0 spiro atoms. The second-order valence-electron chi connectivity index (χ2n) is 6.01. The predicted molar refractivity (Wildman–Crippen MR) is 83.2 cm³/mol. The summed E-state index contributed by atoms with van der Waals surface area (Å²) in [5, 5.41) is 3.74. The van der Waals surface area contributed by atoms with E-state index in [0.717, 1.165) is 16.8 Å². The first-order chi connectivity index (χ1) is 9.22. The normalized spacial score (nSPS) is 24.8. The van der Waals surface area contributed by atoms with Gasteiger partial charge in [-0.15, -0.1) is 11.3 Å². The smallest absolute Gasteiger partial charge is 0.0934 e. The SMILES string of the molecule is CN1CCC(CCNC2CCc3sc(Cl)cc32)CC1. The van der Waals surface area contributed by atoms with Crippen molar-refractivity contribution in [3.05, 3.63) is 20.8 Å². The number of thiophene rings is 1. The minimum absolute atomic E-state index is 0.560. The maximum Gasteiger partial charge on any atom is 0.0934 e. The topological polar surface area (TPSA) is 15.3 Å². The number of rotatable bonds is 4. The summed E-state index contributed by atoms with van der Waals surface area (Å²) in [6.45, 7) is 3.71. The number of nitrogens with one attached hydrogen (secondary N) is 1. The van der Waals surface area contributed by atoms with E-state index < -0.39 is 0 Å². The third-order valence-electron chi connectivity index (χ3n) is 4.63. The van der Waals surface area contributed by atoms with Crippen molar-refractivity contribution < 1.29 is 0 Å². The highest BCUT2D eigenvalue weighted by Gasteiger charge is 2.25. The van der Waals surface area contributed by atoms with Crippen molar-refractivity contribution in [3.63, 3.8) is 0 Å². The molecule has 1 saturated heterocycles. The average Bonchev–Trinajstić information content (AvgIpc) is 2.92. The molecule has 106 valence electrons. The summed E-state index contributed by atoms with van der Waals surface area (Å²) in [5.41, 5.74) is 1.47. The van der Waals surface area contributed by atoms with Gasteiger partial charge in [0.05, 0.1) is 4.34 Å². The molecule has 0 saturated carbocycles. The summed E-state index contributed by atoms with van der Waals surface area (Å²) >= 11 is 7.86. The Hall–Kier alpha value is -0.0900. The number of piperidine rings is 1. The lowest BCUT2D eigenvalue weighted by Crippen LogP contribution is -2.32. The van der Waals surface area contributed by atoms with Crippen molar-refractivity contribution in [2.24, 2.45) is 5.92 Å². The molecule has 1 fully saturated rings. The van der Waals surface area contributed by atoms with Crippen molar-refractivity contribution >= 4 is 22.9 Å². The molecule has 0 bridgehead atoms. The van der Waals surface area contributed by atoms with Gasteiger partial charge in [0.25, 0.3) is 0 Å². The van der Waals surface area contributed by atoms with E-state index in [1.54, 1.807) is 11.3 Å². The molecule has 0 amide bonds. The second-order valence-corrected chi connectivity index (χ2v) is 7.78. The van der Waals surface area contributed by atoms with Gasteiger partial charge in [-0.1, -0.05) is 11.6 Å². The Labute approximate surface area is 125 Å². The summed E-state index contributed by atoms with van der Waals surface area (Å²) in [4.78, 5) is 3.95. The molecule has 3 rings (SSSR count). The number of halogens is 1. The molecule has 1 aromatic rings. The number of likely N-dealkylation sites (tertiary alicyclic amines) is 1. The Bertz CT molecular complexity index is 424. The van der Waals surface area contributed by atoms with Crippen LogP contribution in [0.1, 0.15) is 42.2 Å². The lowest BCUT2D eigenvalue weighted by Gasteiger charge is -2.29. The van der Waals surface area contributed by atoms with E-state index in [0.29, 0.717) is 6.04 Å². The summed E-state index contributed by atoms with van der Waals surface area (Å²) in [5.74, 6) is 0.927. The number of aryl methyl sites for hydroxylation is 1. The second kappa shape index (κ2) is 6.13.